The first-order valence-electron chi connectivity index (χ1n) is 7.58. The van der Waals surface area contributed by atoms with Gasteiger partial charge in [-0.3, -0.25) is 0 Å². The highest BCUT2D eigenvalue weighted by atomic mass is 32.2. The second-order valence-electron chi connectivity index (χ2n) is 6.01. The summed E-state index contributed by atoms with van der Waals surface area (Å²) in [6.45, 7) is 0. The van der Waals surface area contributed by atoms with E-state index in [0.717, 1.165) is 0 Å². The predicted octanol–water partition coefficient (Wildman–Crippen LogP) is 5.56. The third-order valence-electron chi connectivity index (χ3n) is 3.74. The normalized spacial score (nSPS) is 13.0. The highest BCUT2D eigenvalue weighted by Gasteiger charge is 2.40. The standard InChI is InChI=1S/C16H6F12O2S/c17-7-1-9(19)13(11(21)5(7)3-15(23,24)25)31(29,30)14-10(20)2-8(18)6(12(14)22)4-16(26,27)28/h1-2H,3-4H2. The summed E-state index contributed by atoms with van der Waals surface area (Å²) in [4.78, 5) is -4.92. The Bertz CT molecular complexity index is 1050. The smallest absolute Gasteiger partial charge is 0.218 e. The minimum atomic E-state index is -6.22. The van der Waals surface area contributed by atoms with Crippen molar-refractivity contribution in [1.29, 1.82) is 0 Å². The molecule has 15 heteroatoms. The summed E-state index contributed by atoms with van der Waals surface area (Å²) in [6, 6.07) is -1.04. The van der Waals surface area contributed by atoms with Crippen LogP contribution in [0.3, 0.4) is 0 Å². The number of rotatable bonds is 4. The summed E-state index contributed by atoms with van der Waals surface area (Å²) in [7, 11) is -6.22. The lowest BCUT2D eigenvalue weighted by Gasteiger charge is -2.16. The Morgan fingerprint density at radius 2 is 0.871 bits per heavy atom. The summed E-state index contributed by atoms with van der Waals surface area (Å²) in [5, 5.41) is 0. The first-order valence-corrected chi connectivity index (χ1v) is 9.06. The second-order valence-corrected chi connectivity index (χ2v) is 7.83. The Balaban J connectivity index is 2.86. The van der Waals surface area contributed by atoms with E-state index in [9.17, 15) is 61.1 Å². The van der Waals surface area contributed by atoms with Gasteiger partial charge in [0.2, 0.25) is 9.84 Å². The Kier molecular flexibility index (Phi) is 6.33. The van der Waals surface area contributed by atoms with Crippen molar-refractivity contribution in [3.8, 4) is 0 Å². The molecule has 0 amide bonds. The Hall–Kier alpha value is -2.45. The van der Waals surface area contributed by atoms with E-state index >= 15 is 0 Å². The molecule has 0 bridgehead atoms. The predicted molar refractivity (Wildman–Crippen MR) is 77.6 cm³/mol. The molecule has 0 unspecified atom stereocenters. The summed E-state index contributed by atoms with van der Waals surface area (Å²) < 4.78 is 184. The van der Waals surface area contributed by atoms with E-state index < -0.39 is 103 Å². The van der Waals surface area contributed by atoms with Crippen LogP contribution in [0.15, 0.2) is 21.9 Å². The second kappa shape index (κ2) is 7.91. The largest absolute Gasteiger partial charge is 0.393 e. The van der Waals surface area contributed by atoms with E-state index in [1.807, 2.05) is 0 Å². The summed E-state index contributed by atoms with van der Waals surface area (Å²) in [5.41, 5.74) is -4.07. The molecule has 0 saturated heterocycles. The van der Waals surface area contributed by atoms with Crippen LogP contribution in [0.4, 0.5) is 52.7 Å². The molecular formula is C16H6F12O2S. The molecule has 0 spiro atoms. The number of hydrogen-bond donors (Lipinski definition) is 0. The van der Waals surface area contributed by atoms with Gasteiger partial charge in [-0.05, 0) is 0 Å². The zero-order valence-electron chi connectivity index (χ0n) is 14.3. The quantitative estimate of drug-likeness (QED) is 0.416. The van der Waals surface area contributed by atoms with Crippen molar-refractivity contribution >= 4 is 9.84 Å². The first kappa shape index (κ1) is 24.8. The van der Waals surface area contributed by atoms with Gasteiger partial charge in [0.1, 0.15) is 33.1 Å². The molecule has 0 aliphatic rings. The molecule has 0 N–H and O–H groups in total. The minimum absolute atomic E-state index is 0.521. The number of sulfone groups is 1. The van der Waals surface area contributed by atoms with Crippen molar-refractivity contribution in [2.24, 2.45) is 0 Å². The van der Waals surface area contributed by atoms with Gasteiger partial charge in [-0.2, -0.15) is 26.3 Å². The summed E-state index contributed by atoms with van der Waals surface area (Å²) in [6.07, 6.45) is -15.6. The molecule has 0 aliphatic carbocycles. The topological polar surface area (TPSA) is 34.1 Å². The van der Waals surface area contributed by atoms with E-state index in [1.54, 1.807) is 0 Å². The molecular weight excluding hydrogens is 484 g/mol. The molecule has 2 rings (SSSR count). The van der Waals surface area contributed by atoms with Crippen molar-refractivity contribution in [2.75, 3.05) is 0 Å². The minimum Gasteiger partial charge on any atom is -0.218 e. The monoisotopic (exact) mass is 490 g/mol. The number of halogens is 12. The van der Waals surface area contributed by atoms with Gasteiger partial charge in [-0.15, -0.1) is 0 Å². The molecule has 0 radical (unpaired) electrons. The molecule has 31 heavy (non-hydrogen) atoms. The van der Waals surface area contributed by atoms with Crippen LogP contribution in [-0.2, 0) is 22.7 Å². The van der Waals surface area contributed by atoms with Crippen LogP contribution in [0, 0.1) is 34.9 Å². The lowest BCUT2D eigenvalue weighted by atomic mass is 10.1. The van der Waals surface area contributed by atoms with E-state index in [4.69, 9.17) is 0 Å². The zero-order chi connectivity index (χ0) is 24.1. The van der Waals surface area contributed by atoms with E-state index in [-0.39, 0.29) is 0 Å². The van der Waals surface area contributed by atoms with Gasteiger partial charge in [0.05, 0.1) is 12.8 Å². The van der Waals surface area contributed by atoms with Gasteiger partial charge in [-0.25, -0.2) is 34.8 Å². The summed E-state index contributed by atoms with van der Waals surface area (Å²) >= 11 is 0. The third kappa shape index (κ3) is 5.07. The lowest BCUT2D eigenvalue weighted by molar-refractivity contribution is -0.129. The van der Waals surface area contributed by atoms with E-state index in [2.05, 4.69) is 0 Å². The molecule has 172 valence electrons. The fourth-order valence-corrected chi connectivity index (χ4v) is 4.09. The van der Waals surface area contributed by atoms with Gasteiger partial charge in [0.25, 0.3) is 0 Å². The maximum atomic E-state index is 14.4. The van der Waals surface area contributed by atoms with Gasteiger partial charge in [-0.1, -0.05) is 0 Å². The maximum Gasteiger partial charge on any atom is 0.393 e. The SMILES string of the molecule is O=S(=O)(c1c(F)cc(F)c(CC(F)(F)F)c1F)c1c(F)cc(F)c(CC(F)(F)F)c1F. The van der Waals surface area contributed by atoms with Crippen molar-refractivity contribution in [3.05, 3.63) is 58.2 Å². The molecule has 0 aliphatic heterocycles. The Morgan fingerprint density at radius 1 is 0.581 bits per heavy atom. The molecule has 0 heterocycles. The zero-order valence-corrected chi connectivity index (χ0v) is 15.1. The van der Waals surface area contributed by atoms with E-state index in [0.29, 0.717) is 0 Å². The number of hydrogen-bond acceptors (Lipinski definition) is 2. The highest BCUT2D eigenvalue weighted by molar-refractivity contribution is 7.91. The van der Waals surface area contributed by atoms with Crippen LogP contribution < -0.4 is 0 Å². The van der Waals surface area contributed by atoms with Crippen molar-refractivity contribution in [1.82, 2.24) is 0 Å². The van der Waals surface area contributed by atoms with Crippen molar-refractivity contribution in [3.63, 3.8) is 0 Å². The number of benzene rings is 2. The van der Waals surface area contributed by atoms with Gasteiger partial charge >= 0.3 is 12.4 Å². The average molecular weight is 490 g/mol. The van der Waals surface area contributed by atoms with Crippen LogP contribution in [0.25, 0.3) is 0 Å². The molecule has 0 atom stereocenters. The van der Waals surface area contributed by atoms with Crippen LogP contribution in [0.1, 0.15) is 11.1 Å². The highest BCUT2D eigenvalue weighted by Crippen LogP contribution is 2.37. The van der Waals surface area contributed by atoms with Crippen molar-refractivity contribution < 1.29 is 61.1 Å². The maximum absolute atomic E-state index is 14.4. The van der Waals surface area contributed by atoms with Gasteiger partial charge in [0, 0.05) is 23.3 Å². The van der Waals surface area contributed by atoms with E-state index in [1.165, 1.54) is 0 Å². The van der Waals surface area contributed by atoms with Crippen molar-refractivity contribution in [2.45, 2.75) is 35.0 Å². The first-order chi connectivity index (χ1) is 13.9. The van der Waals surface area contributed by atoms with Gasteiger partial charge < -0.3 is 0 Å². The summed E-state index contributed by atoms with van der Waals surface area (Å²) in [5.74, 6) is -14.7. The Labute approximate surface area is 165 Å². The van der Waals surface area contributed by atoms with Crippen LogP contribution in [0.2, 0.25) is 0 Å². The molecule has 2 nitrogen and oxygen atoms in total. The Morgan fingerprint density at radius 3 is 1.13 bits per heavy atom. The molecule has 2 aromatic carbocycles. The van der Waals surface area contributed by atoms with Crippen LogP contribution >= 0.6 is 0 Å². The molecule has 0 fully saturated rings. The molecule has 0 aromatic heterocycles. The third-order valence-corrected chi connectivity index (χ3v) is 5.56. The average Bonchev–Trinajstić information content (AvgIpc) is 2.52. The van der Waals surface area contributed by atoms with Crippen LogP contribution in [0.5, 0.6) is 0 Å². The number of alkyl halides is 6. The van der Waals surface area contributed by atoms with Crippen LogP contribution in [-0.4, -0.2) is 20.8 Å². The fourth-order valence-electron chi connectivity index (χ4n) is 2.54. The van der Waals surface area contributed by atoms with Gasteiger partial charge in [0.15, 0.2) is 11.6 Å². The molecule has 0 saturated carbocycles. The molecule has 2 aromatic rings. The lowest BCUT2D eigenvalue weighted by Crippen LogP contribution is -2.20. The fraction of sp³-hybridized carbons (Fsp3) is 0.250.